The van der Waals surface area contributed by atoms with Crippen molar-refractivity contribution in [1.82, 2.24) is 4.90 Å². The van der Waals surface area contributed by atoms with Gasteiger partial charge in [0.05, 0.1) is 13.2 Å². The van der Waals surface area contributed by atoms with Crippen molar-refractivity contribution in [3.05, 3.63) is 35.4 Å². The average molecular weight is 262 g/mol. The van der Waals surface area contributed by atoms with Crippen LogP contribution in [0.3, 0.4) is 0 Å². The van der Waals surface area contributed by atoms with Crippen LogP contribution in [0, 0.1) is 0 Å². The maximum atomic E-state index is 6.06. The first-order valence-electron chi connectivity index (χ1n) is 7.28. The third kappa shape index (κ3) is 3.56. The highest BCUT2D eigenvalue weighted by atomic mass is 16.5. The van der Waals surface area contributed by atoms with Crippen LogP contribution in [0.15, 0.2) is 24.3 Å². The van der Waals surface area contributed by atoms with Crippen LogP contribution < -0.4 is 5.73 Å². The van der Waals surface area contributed by atoms with Crippen molar-refractivity contribution in [1.29, 1.82) is 0 Å². The van der Waals surface area contributed by atoms with Gasteiger partial charge in [0.1, 0.15) is 0 Å². The summed E-state index contributed by atoms with van der Waals surface area (Å²) >= 11 is 0. The van der Waals surface area contributed by atoms with Gasteiger partial charge in [-0.25, -0.2) is 0 Å². The number of hydrogen-bond donors (Lipinski definition) is 1. The molecule has 106 valence electrons. The Morgan fingerprint density at radius 1 is 1.16 bits per heavy atom. The topological polar surface area (TPSA) is 38.5 Å². The van der Waals surface area contributed by atoms with Gasteiger partial charge in [-0.05, 0) is 30.9 Å². The molecule has 2 N–H and O–H groups in total. The Morgan fingerprint density at radius 2 is 1.74 bits per heavy atom. The van der Waals surface area contributed by atoms with Crippen LogP contribution in [0.5, 0.6) is 0 Å². The van der Waals surface area contributed by atoms with Gasteiger partial charge in [-0.1, -0.05) is 31.2 Å². The highest BCUT2D eigenvalue weighted by molar-refractivity contribution is 5.24. The molecule has 1 saturated heterocycles. The number of aryl methyl sites for hydroxylation is 1. The molecule has 1 aromatic rings. The monoisotopic (exact) mass is 262 g/mol. The second-order valence-corrected chi connectivity index (χ2v) is 5.65. The molecule has 1 heterocycles. The molecule has 1 atom stereocenters. The van der Waals surface area contributed by atoms with Crippen molar-refractivity contribution >= 4 is 0 Å². The summed E-state index contributed by atoms with van der Waals surface area (Å²) < 4.78 is 5.44. The number of rotatable bonds is 5. The molecule has 3 nitrogen and oxygen atoms in total. The molecule has 1 aliphatic heterocycles. The smallest absolute Gasteiger partial charge is 0.0594 e. The van der Waals surface area contributed by atoms with E-state index >= 15 is 0 Å². The van der Waals surface area contributed by atoms with E-state index in [0.717, 1.165) is 39.1 Å². The van der Waals surface area contributed by atoms with Crippen LogP contribution in [-0.4, -0.2) is 43.3 Å². The third-order valence-electron chi connectivity index (χ3n) is 4.23. The van der Waals surface area contributed by atoms with E-state index in [-0.39, 0.29) is 5.54 Å². The quantitative estimate of drug-likeness (QED) is 0.880. The summed E-state index contributed by atoms with van der Waals surface area (Å²) in [6, 6.07) is 8.94. The van der Waals surface area contributed by atoms with E-state index in [4.69, 9.17) is 10.5 Å². The Morgan fingerprint density at radius 3 is 2.26 bits per heavy atom. The number of nitrogens with two attached hydrogens (primary N) is 1. The lowest BCUT2D eigenvalue weighted by Gasteiger charge is -2.43. The molecular formula is C16H26N2O. The summed E-state index contributed by atoms with van der Waals surface area (Å²) in [6.45, 7) is 8.76. The fourth-order valence-electron chi connectivity index (χ4n) is 2.75. The highest BCUT2D eigenvalue weighted by Crippen LogP contribution is 2.21. The zero-order chi connectivity index (χ0) is 13.7. The first-order valence-corrected chi connectivity index (χ1v) is 7.28. The molecule has 0 aromatic heterocycles. The van der Waals surface area contributed by atoms with Crippen LogP contribution in [0.1, 0.15) is 25.0 Å². The fraction of sp³-hybridized carbons (Fsp3) is 0.625. The van der Waals surface area contributed by atoms with Crippen molar-refractivity contribution in [3.8, 4) is 0 Å². The van der Waals surface area contributed by atoms with E-state index in [1.165, 1.54) is 11.1 Å². The van der Waals surface area contributed by atoms with Gasteiger partial charge >= 0.3 is 0 Å². The summed E-state index contributed by atoms with van der Waals surface area (Å²) in [7, 11) is 0. The molecule has 1 aliphatic rings. The summed E-state index contributed by atoms with van der Waals surface area (Å²) in [5, 5.41) is 0. The maximum absolute atomic E-state index is 6.06. The van der Waals surface area contributed by atoms with Gasteiger partial charge in [-0.15, -0.1) is 0 Å². The first kappa shape index (κ1) is 14.5. The molecule has 0 radical (unpaired) electrons. The number of hydrogen-bond acceptors (Lipinski definition) is 3. The minimum Gasteiger partial charge on any atom is -0.379 e. The minimum atomic E-state index is 0.0392. The number of morpholine rings is 1. The van der Waals surface area contributed by atoms with Crippen molar-refractivity contribution in [3.63, 3.8) is 0 Å². The Kier molecular flexibility index (Phi) is 4.97. The van der Waals surface area contributed by atoms with Gasteiger partial charge in [0.25, 0.3) is 0 Å². The summed E-state index contributed by atoms with van der Waals surface area (Å²) in [4.78, 5) is 2.48. The Balaban J connectivity index is 2.07. The first-order chi connectivity index (χ1) is 9.18. The third-order valence-corrected chi connectivity index (χ3v) is 4.23. The van der Waals surface area contributed by atoms with Crippen molar-refractivity contribution in [2.45, 2.75) is 32.2 Å². The van der Waals surface area contributed by atoms with E-state index < -0.39 is 0 Å². The molecule has 0 spiro atoms. The SMILES string of the molecule is CCc1ccc(CC(C)(CN)N2CCOCC2)cc1. The molecule has 1 unspecified atom stereocenters. The van der Waals surface area contributed by atoms with Gasteiger partial charge in [-0.2, -0.15) is 0 Å². The standard InChI is InChI=1S/C16H26N2O/c1-3-14-4-6-15(7-5-14)12-16(2,13-17)18-8-10-19-11-9-18/h4-7H,3,8-13,17H2,1-2H3. The van der Waals surface area contributed by atoms with E-state index in [1.54, 1.807) is 0 Å². The van der Waals surface area contributed by atoms with Crippen LogP contribution >= 0.6 is 0 Å². The minimum absolute atomic E-state index is 0.0392. The molecule has 2 rings (SSSR count). The lowest BCUT2D eigenvalue weighted by Crippen LogP contribution is -2.56. The molecule has 0 aliphatic carbocycles. The van der Waals surface area contributed by atoms with Crippen LogP contribution in [-0.2, 0) is 17.6 Å². The van der Waals surface area contributed by atoms with Crippen molar-refractivity contribution < 1.29 is 4.74 Å². The maximum Gasteiger partial charge on any atom is 0.0594 e. The van der Waals surface area contributed by atoms with E-state index in [0.29, 0.717) is 6.54 Å². The molecule has 1 fully saturated rings. The highest BCUT2D eigenvalue weighted by Gasteiger charge is 2.31. The summed E-state index contributed by atoms with van der Waals surface area (Å²) in [5.41, 5.74) is 8.86. The van der Waals surface area contributed by atoms with Crippen LogP contribution in [0.25, 0.3) is 0 Å². The molecule has 1 aromatic carbocycles. The van der Waals surface area contributed by atoms with Gasteiger partial charge in [0, 0.05) is 25.2 Å². The second kappa shape index (κ2) is 6.51. The Hall–Kier alpha value is -0.900. The lowest BCUT2D eigenvalue weighted by atomic mass is 9.90. The summed E-state index contributed by atoms with van der Waals surface area (Å²) in [6.07, 6.45) is 2.10. The molecule has 3 heteroatoms. The molecule has 0 bridgehead atoms. The number of nitrogens with zero attached hydrogens (tertiary/aromatic N) is 1. The van der Waals surface area contributed by atoms with E-state index in [1.807, 2.05) is 0 Å². The molecule has 19 heavy (non-hydrogen) atoms. The van der Waals surface area contributed by atoms with Gasteiger partial charge in [-0.3, -0.25) is 4.90 Å². The predicted molar refractivity (Wildman–Crippen MR) is 79.4 cm³/mol. The van der Waals surface area contributed by atoms with Crippen molar-refractivity contribution in [2.75, 3.05) is 32.8 Å². The summed E-state index contributed by atoms with van der Waals surface area (Å²) in [5.74, 6) is 0. The fourth-order valence-corrected chi connectivity index (χ4v) is 2.75. The number of ether oxygens (including phenoxy) is 1. The Labute approximate surface area is 116 Å². The zero-order valence-electron chi connectivity index (χ0n) is 12.2. The van der Waals surface area contributed by atoms with Crippen LogP contribution in [0.4, 0.5) is 0 Å². The zero-order valence-corrected chi connectivity index (χ0v) is 12.2. The Bertz CT molecular complexity index is 384. The average Bonchev–Trinajstić information content (AvgIpc) is 2.49. The van der Waals surface area contributed by atoms with Crippen LogP contribution in [0.2, 0.25) is 0 Å². The van der Waals surface area contributed by atoms with Gasteiger partial charge < -0.3 is 10.5 Å². The van der Waals surface area contributed by atoms with E-state index in [9.17, 15) is 0 Å². The van der Waals surface area contributed by atoms with E-state index in [2.05, 4.69) is 43.0 Å². The number of benzene rings is 1. The van der Waals surface area contributed by atoms with Gasteiger partial charge in [0.2, 0.25) is 0 Å². The predicted octanol–water partition coefficient (Wildman–Crippen LogP) is 1.84. The molecule has 0 amide bonds. The normalized spacial score (nSPS) is 20.2. The second-order valence-electron chi connectivity index (χ2n) is 5.65. The largest absolute Gasteiger partial charge is 0.379 e. The lowest BCUT2D eigenvalue weighted by molar-refractivity contribution is -0.0132. The molecule has 0 saturated carbocycles. The van der Waals surface area contributed by atoms with Crippen molar-refractivity contribution in [2.24, 2.45) is 5.73 Å². The molecular weight excluding hydrogens is 236 g/mol. The van der Waals surface area contributed by atoms with Gasteiger partial charge in [0.15, 0.2) is 0 Å².